The lowest BCUT2D eigenvalue weighted by Crippen LogP contribution is -2.53. The van der Waals surface area contributed by atoms with Gasteiger partial charge in [-0.3, -0.25) is 0 Å². The van der Waals surface area contributed by atoms with Crippen LogP contribution >= 0.6 is 0 Å². The molecule has 3 heteroatoms. The molecule has 2 saturated carbocycles. The summed E-state index contributed by atoms with van der Waals surface area (Å²) in [7, 11) is 0. The summed E-state index contributed by atoms with van der Waals surface area (Å²) in [6.07, 6.45) is 12.0. The SMILES string of the molecule is C/C=C(\CC[C@@H](C)[C@H]1CC[C@H]2C3=C(C[C@@H](O)[C@]12C)[C@@]1(CO)CC[C@H](O)C[C@@H]1CC3)C(C)C. The molecule has 2 fully saturated rings. The minimum absolute atomic E-state index is 0.0379. The van der Waals surface area contributed by atoms with Crippen molar-refractivity contribution in [1.82, 2.24) is 0 Å². The topological polar surface area (TPSA) is 60.7 Å². The second-order valence-corrected chi connectivity index (χ2v) is 12.3. The van der Waals surface area contributed by atoms with E-state index in [1.807, 2.05) is 0 Å². The summed E-state index contributed by atoms with van der Waals surface area (Å²) >= 11 is 0. The van der Waals surface area contributed by atoms with Crippen molar-refractivity contribution in [1.29, 1.82) is 0 Å². The van der Waals surface area contributed by atoms with E-state index in [2.05, 4.69) is 40.7 Å². The number of aliphatic hydroxyl groups is 3. The van der Waals surface area contributed by atoms with Gasteiger partial charge in [-0.25, -0.2) is 0 Å². The Morgan fingerprint density at radius 3 is 2.53 bits per heavy atom. The Kier molecular flexibility index (Phi) is 7.03. The third kappa shape index (κ3) is 3.75. The Hall–Kier alpha value is -0.640. The molecule has 0 unspecified atom stereocenters. The Labute approximate surface area is 196 Å². The van der Waals surface area contributed by atoms with Crippen LogP contribution in [0.3, 0.4) is 0 Å². The van der Waals surface area contributed by atoms with E-state index in [1.165, 1.54) is 31.3 Å². The highest BCUT2D eigenvalue weighted by Gasteiger charge is 2.60. The molecule has 0 bridgehead atoms. The zero-order chi connectivity index (χ0) is 23.3. The summed E-state index contributed by atoms with van der Waals surface area (Å²) in [5.41, 5.74) is 4.35. The van der Waals surface area contributed by atoms with Crippen molar-refractivity contribution in [2.75, 3.05) is 6.61 Å². The molecule has 0 aromatic heterocycles. The minimum atomic E-state index is -0.318. The lowest BCUT2D eigenvalue weighted by Gasteiger charge is -2.57. The molecule has 4 aliphatic rings. The van der Waals surface area contributed by atoms with Gasteiger partial charge in [-0.1, -0.05) is 50.5 Å². The van der Waals surface area contributed by atoms with Gasteiger partial charge < -0.3 is 15.3 Å². The first-order chi connectivity index (χ1) is 15.2. The van der Waals surface area contributed by atoms with Crippen LogP contribution in [-0.4, -0.2) is 34.1 Å². The van der Waals surface area contributed by atoms with Gasteiger partial charge in [0, 0.05) is 10.8 Å². The standard InChI is InChI=1S/C29H48O3/c1-6-20(18(2)3)8-7-19(4)24-11-12-25-23-10-9-21-15-22(31)13-14-29(21,17-30)26(23)16-27(32)28(24,25)5/h6,18-19,21-22,24-25,27,30-32H,7-17H2,1-5H3/b20-6+/t19-,21+,22+,24-,25+,27-,28-,29-/m1/s1. The molecule has 0 saturated heterocycles. The average molecular weight is 445 g/mol. The fourth-order valence-electron chi connectivity index (χ4n) is 8.84. The van der Waals surface area contributed by atoms with E-state index in [0.717, 1.165) is 38.5 Å². The largest absolute Gasteiger partial charge is 0.395 e. The Balaban J connectivity index is 1.59. The third-order valence-corrected chi connectivity index (χ3v) is 10.8. The Bertz CT molecular complexity index is 752. The molecular formula is C29H48O3. The maximum absolute atomic E-state index is 11.7. The van der Waals surface area contributed by atoms with Crippen molar-refractivity contribution in [3.05, 3.63) is 22.8 Å². The molecule has 3 N–H and O–H groups in total. The molecule has 0 aromatic rings. The van der Waals surface area contributed by atoms with Crippen molar-refractivity contribution in [3.8, 4) is 0 Å². The second kappa shape index (κ2) is 9.19. The highest BCUT2D eigenvalue weighted by atomic mass is 16.3. The van der Waals surface area contributed by atoms with Crippen LogP contribution in [0.2, 0.25) is 0 Å². The van der Waals surface area contributed by atoms with Gasteiger partial charge in [0.05, 0.1) is 18.8 Å². The van der Waals surface area contributed by atoms with E-state index in [-0.39, 0.29) is 29.6 Å². The van der Waals surface area contributed by atoms with Gasteiger partial charge in [-0.15, -0.1) is 0 Å². The van der Waals surface area contributed by atoms with Crippen molar-refractivity contribution in [3.63, 3.8) is 0 Å². The van der Waals surface area contributed by atoms with Gasteiger partial charge in [-0.2, -0.15) is 0 Å². The fraction of sp³-hybridized carbons (Fsp3) is 0.862. The molecule has 0 heterocycles. The van der Waals surface area contributed by atoms with Crippen molar-refractivity contribution < 1.29 is 15.3 Å². The van der Waals surface area contributed by atoms with E-state index in [1.54, 1.807) is 11.1 Å². The maximum atomic E-state index is 11.7. The molecule has 182 valence electrons. The summed E-state index contributed by atoms with van der Waals surface area (Å²) < 4.78 is 0. The molecule has 8 atom stereocenters. The van der Waals surface area contributed by atoms with E-state index in [4.69, 9.17) is 0 Å². The van der Waals surface area contributed by atoms with Gasteiger partial charge in [-0.05, 0) is 101 Å². The van der Waals surface area contributed by atoms with Crippen molar-refractivity contribution in [2.24, 2.45) is 40.4 Å². The Morgan fingerprint density at radius 2 is 1.88 bits per heavy atom. The predicted molar refractivity (Wildman–Crippen MR) is 131 cm³/mol. The van der Waals surface area contributed by atoms with E-state index >= 15 is 0 Å². The predicted octanol–water partition coefficient (Wildman–Crippen LogP) is 6.03. The van der Waals surface area contributed by atoms with Crippen LogP contribution in [0.4, 0.5) is 0 Å². The molecular weight excluding hydrogens is 396 g/mol. The van der Waals surface area contributed by atoms with Gasteiger partial charge in [0.2, 0.25) is 0 Å². The molecule has 4 aliphatic carbocycles. The van der Waals surface area contributed by atoms with Crippen LogP contribution in [0.25, 0.3) is 0 Å². The quantitative estimate of drug-likeness (QED) is 0.438. The van der Waals surface area contributed by atoms with Crippen LogP contribution in [0.1, 0.15) is 98.8 Å². The first-order valence-electron chi connectivity index (χ1n) is 13.5. The number of hydrogen-bond donors (Lipinski definition) is 3. The summed E-state index contributed by atoms with van der Waals surface area (Å²) in [6.45, 7) is 11.8. The van der Waals surface area contributed by atoms with Gasteiger partial charge in [0.1, 0.15) is 0 Å². The molecule has 0 spiro atoms. The molecule has 0 radical (unpaired) electrons. The number of allylic oxidation sites excluding steroid dienone is 3. The fourth-order valence-corrected chi connectivity index (χ4v) is 8.84. The monoisotopic (exact) mass is 444 g/mol. The maximum Gasteiger partial charge on any atom is 0.0639 e. The Morgan fingerprint density at radius 1 is 1.12 bits per heavy atom. The van der Waals surface area contributed by atoms with E-state index in [0.29, 0.717) is 29.6 Å². The van der Waals surface area contributed by atoms with Crippen LogP contribution in [-0.2, 0) is 0 Å². The summed E-state index contributed by atoms with van der Waals surface area (Å²) in [4.78, 5) is 0. The number of fused-ring (bicyclic) bond motifs is 4. The van der Waals surface area contributed by atoms with Crippen molar-refractivity contribution in [2.45, 2.75) is 111 Å². The van der Waals surface area contributed by atoms with Crippen LogP contribution < -0.4 is 0 Å². The highest BCUT2D eigenvalue weighted by Crippen LogP contribution is 2.66. The highest BCUT2D eigenvalue weighted by molar-refractivity contribution is 5.36. The van der Waals surface area contributed by atoms with Gasteiger partial charge in [0.25, 0.3) is 0 Å². The molecule has 0 aliphatic heterocycles. The lowest BCUT2D eigenvalue weighted by atomic mass is 9.49. The summed E-state index contributed by atoms with van der Waals surface area (Å²) in [6, 6.07) is 0. The third-order valence-electron chi connectivity index (χ3n) is 10.8. The number of aliphatic hydroxyl groups excluding tert-OH is 3. The normalized spacial score (nSPS) is 43.2. The average Bonchev–Trinajstić information content (AvgIpc) is 3.13. The summed E-state index contributed by atoms with van der Waals surface area (Å²) in [5, 5.41) is 32.6. The molecule has 3 nitrogen and oxygen atoms in total. The zero-order valence-corrected chi connectivity index (χ0v) is 21.2. The number of hydrogen-bond acceptors (Lipinski definition) is 3. The first kappa shape index (κ1) is 24.5. The van der Waals surface area contributed by atoms with E-state index < -0.39 is 0 Å². The van der Waals surface area contributed by atoms with Crippen molar-refractivity contribution >= 4 is 0 Å². The minimum Gasteiger partial charge on any atom is -0.395 e. The molecule has 0 aromatic carbocycles. The first-order valence-corrected chi connectivity index (χ1v) is 13.5. The van der Waals surface area contributed by atoms with E-state index in [9.17, 15) is 15.3 Å². The molecule has 0 amide bonds. The number of rotatable bonds is 6. The lowest BCUT2D eigenvalue weighted by molar-refractivity contribution is -0.0663. The summed E-state index contributed by atoms with van der Waals surface area (Å²) in [5.74, 6) is 2.64. The van der Waals surface area contributed by atoms with Crippen LogP contribution in [0, 0.1) is 40.4 Å². The molecule has 32 heavy (non-hydrogen) atoms. The van der Waals surface area contributed by atoms with Gasteiger partial charge in [0.15, 0.2) is 0 Å². The van der Waals surface area contributed by atoms with Crippen LogP contribution in [0.5, 0.6) is 0 Å². The smallest absolute Gasteiger partial charge is 0.0639 e. The van der Waals surface area contributed by atoms with Crippen LogP contribution in [0.15, 0.2) is 22.8 Å². The zero-order valence-electron chi connectivity index (χ0n) is 21.2. The molecule has 4 rings (SSSR count). The second-order valence-electron chi connectivity index (χ2n) is 12.3. The van der Waals surface area contributed by atoms with Gasteiger partial charge >= 0.3 is 0 Å².